The molecule has 0 fully saturated rings. The van der Waals surface area contributed by atoms with Gasteiger partial charge >= 0.3 is 0 Å². The van der Waals surface area contributed by atoms with E-state index in [1.807, 2.05) is 30.3 Å². The third-order valence-electron chi connectivity index (χ3n) is 2.90. The molecule has 0 aliphatic rings. The molecule has 2 aromatic carbocycles. The van der Waals surface area contributed by atoms with Gasteiger partial charge in [0, 0.05) is 26.4 Å². The van der Waals surface area contributed by atoms with E-state index in [1.165, 1.54) is 4.70 Å². The molecular weight excluding hydrogens is 278 g/mol. The van der Waals surface area contributed by atoms with E-state index in [0.29, 0.717) is 11.6 Å². The van der Waals surface area contributed by atoms with Gasteiger partial charge < -0.3 is 10.5 Å². The molecule has 3 rings (SSSR count). The first-order valence-corrected chi connectivity index (χ1v) is 7.13. The number of hydrogen-bond donors (Lipinski definition) is 1. The number of rotatable bonds is 3. The molecule has 4 heteroatoms. The summed E-state index contributed by atoms with van der Waals surface area (Å²) >= 11 is 7.61. The molecule has 0 unspecified atom stereocenters. The van der Waals surface area contributed by atoms with Gasteiger partial charge in [0.15, 0.2) is 0 Å². The first-order chi connectivity index (χ1) is 9.24. The lowest BCUT2D eigenvalue weighted by atomic mass is 10.1. The van der Waals surface area contributed by atoms with Crippen LogP contribution in [0.5, 0.6) is 5.75 Å². The zero-order valence-electron chi connectivity index (χ0n) is 10.1. The van der Waals surface area contributed by atoms with Crippen molar-refractivity contribution in [2.45, 2.75) is 6.61 Å². The van der Waals surface area contributed by atoms with E-state index in [2.05, 4.69) is 11.4 Å². The summed E-state index contributed by atoms with van der Waals surface area (Å²) in [6.07, 6.45) is 0. The third-order valence-corrected chi connectivity index (χ3v) is 4.13. The summed E-state index contributed by atoms with van der Waals surface area (Å²) in [6, 6.07) is 13.3. The fourth-order valence-corrected chi connectivity index (χ4v) is 3.17. The van der Waals surface area contributed by atoms with Crippen LogP contribution in [0.3, 0.4) is 0 Å². The van der Waals surface area contributed by atoms with E-state index >= 15 is 0 Å². The van der Waals surface area contributed by atoms with E-state index in [-0.39, 0.29) is 0 Å². The molecule has 0 amide bonds. The predicted molar refractivity (Wildman–Crippen MR) is 82.0 cm³/mol. The molecule has 0 bridgehead atoms. The van der Waals surface area contributed by atoms with Crippen LogP contribution in [0.1, 0.15) is 5.56 Å². The van der Waals surface area contributed by atoms with E-state index < -0.39 is 0 Å². The lowest BCUT2D eigenvalue weighted by molar-refractivity contribution is 0.308. The van der Waals surface area contributed by atoms with Crippen LogP contribution in [0.4, 0.5) is 5.69 Å². The van der Waals surface area contributed by atoms with Gasteiger partial charge in [-0.25, -0.2) is 0 Å². The number of thiophene rings is 1. The Bertz CT molecular complexity index is 723. The van der Waals surface area contributed by atoms with Gasteiger partial charge in [-0.3, -0.25) is 0 Å². The van der Waals surface area contributed by atoms with E-state index in [0.717, 1.165) is 22.4 Å². The van der Waals surface area contributed by atoms with Crippen LogP contribution in [-0.2, 0) is 6.61 Å². The molecule has 0 atom stereocenters. The maximum absolute atomic E-state index is 6.02. The topological polar surface area (TPSA) is 35.2 Å². The van der Waals surface area contributed by atoms with Crippen molar-refractivity contribution in [3.05, 3.63) is 58.4 Å². The number of ether oxygens (including phenoxy) is 1. The maximum Gasteiger partial charge on any atom is 0.121 e. The third kappa shape index (κ3) is 2.53. The molecule has 96 valence electrons. The molecule has 2 N–H and O–H groups in total. The van der Waals surface area contributed by atoms with E-state index in [9.17, 15) is 0 Å². The minimum Gasteiger partial charge on any atom is -0.489 e. The number of anilines is 1. The molecule has 0 saturated heterocycles. The fraction of sp³-hybridized carbons (Fsp3) is 0.0667. The second-order valence-electron chi connectivity index (χ2n) is 4.23. The van der Waals surface area contributed by atoms with Gasteiger partial charge in [-0.1, -0.05) is 23.7 Å². The number of nitrogens with two attached hydrogens (primary N) is 1. The minimum absolute atomic E-state index is 0.495. The zero-order chi connectivity index (χ0) is 13.2. The van der Waals surface area contributed by atoms with Crippen molar-refractivity contribution in [1.29, 1.82) is 0 Å². The molecule has 1 heterocycles. The molecule has 0 aliphatic heterocycles. The molecule has 2 nitrogen and oxygen atoms in total. The standard InChI is InChI=1S/C15H12ClNOS/c16-11-3-1-4-12(7-11)18-8-10-9-19-14-6-2-5-13(17)15(10)14/h1-7,9H,8,17H2. The highest BCUT2D eigenvalue weighted by atomic mass is 35.5. The van der Waals surface area contributed by atoms with Gasteiger partial charge in [0.1, 0.15) is 12.4 Å². The summed E-state index contributed by atoms with van der Waals surface area (Å²) in [4.78, 5) is 0. The summed E-state index contributed by atoms with van der Waals surface area (Å²) in [5.41, 5.74) is 7.93. The Hall–Kier alpha value is -1.71. The molecular formula is C15H12ClNOS. The highest BCUT2D eigenvalue weighted by molar-refractivity contribution is 7.17. The largest absolute Gasteiger partial charge is 0.489 e. The summed E-state index contributed by atoms with van der Waals surface area (Å²) in [5.74, 6) is 0.765. The molecule has 0 saturated carbocycles. The van der Waals surface area contributed by atoms with Gasteiger partial charge in [0.25, 0.3) is 0 Å². The quantitative estimate of drug-likeness (QED) is 0.708. The van der Waals surface area contributed by atoms with Gasteiger partial charge in [0.2, 0.25) is 0 Å². The summed E-state index contributed by atoms with van der Waals surface area (Å²) in [7, 11) is 0. The van der Waals surface area contributed by atoms with Crippen molar-refractivity contribution in [3.8, 4) is 5.75 Å². The lowest BCUT2D eigenvalue weighted by Crippen LogP contribution is -1.95. The Kier molecular flexibility index (Phi) is 3.32. The first kappa shape index (κ1) is 12.3. The Labute approximate surface area is 120 Å². The number of halogens is 1. The Morgan fingerprint density at radius 1 is 1.16 bits per heavy atom. The first-order valence-electron chi connectivity index (χ1n) is 5.87. The van der Waals surface area contributed by atoms with Crippen molar-refractivity contribution >= 4 is 38.7 Å². The Morgan fingerprint density at radius 3 is 2.84 bits per heavy atom. The molecule has 1 aromatic heterocycles. The molecule has 0 spiro atoms. The normalized spacial score (nSPS) is 10.8. The van der Waals surface area contributed by atoms with Crippen LogP contribution in [0.2, 0.25) is 5.02 Å². The lowest BCUT2D eigenvalue weighted by Gasteiger charge is -2.06. The summed E-state index contributed by atoms with van der Waals surface area (Å²) in [6.45, 7) is 0.495. The van der Waals surface area contributed by atoms with Crippen molar-refractivity contribution in [2.75, 3.05) is 5.73 Å². The monoisotopic (exact) mass is 289 g/mol. The highest BCUT2D eigenvalue weighted by Gasteiger charge is 2.07. The average Bonchev–Trinajstić information content (AvgIpc) is 2.81. The van der Waals surface area contributed by atoms with Crippen LogP contribution in [-0.4, -0.2) is 0 Å². The van der Waals surface area contributed by atoms with Crippen LogP contribution in [0.15, 0.2) is 47.8 Å². The Morgan fingerprint density at radius 2 is 2.00 bits per heavy atom. The van der Waals surface area contributed by atoms with Crippen molar-refractivity contribution in [2.24, 2.45) is 0 Å². The number of benzene rings is 2. The highest BCUT2D eigenvalue weighted by Crippen LogP contribution is 2.31. The second kappa shape index (κ2) is 5.11. The maximum atomic E-state index is 6.02. The molecule has 0 radical (unpaired) electrons. The smallest absolute Gasteiger partial charge is 0.121 e. The van der Waals surface area contributed by atoms with Crippen LogP contribution in [0, 0.1) is 0 Å². The molecule has 19 heavy (non-hydrogen) atoms. The average molecular weight is 290 g/mol. The van der Waals surface area contributed by atoms with Gasteiger partial charge in [-0.05, 0) is 35.7 Å². The molecule has 0 aliphatic carbocycles. The Balaban J connectivity index is 1.86. The van der Waals surface area contributed by atoms with Crippen LogP contribution in [0.25, 0.3) is 10.1 Å². The van der Waals surface area contributed by atoms with E-state index in [1.54, 1.807) is 17.4 Å². The van der Waals surface area contributed by atoms with Crippen molar-refractivity contribution in [3.63, 3.8) is 0 Å². The summed E-state index contributed by atoms with van der Waals surface area (Å²) in [5, 5.41) is 3.85. The number of nitrogen functional groups attached to an aromatic ring is 1. The van der Waals surface area contributed by atoms with E-state index in [4.69, 9.17) is 22.1 Å². The van der Waals surface area contributed by atoms with Gasteiger partial charge in [-0.15, -0.1) is 11.3 Å². The van der Waals surface area contributed by atoms with Crippen molar-refractivity contribution < 1.29 is 4.74 Å². The second-order valence-corrected chi connectivity index (χ2v) is 5.58. The summed E-state index contributed by atoms with van der Waals surface area (Å²) < 4.78 is 6.95. The SMILES string of the molecule is Nc1cccc2scc(COc3cccc(Cl)c3)c12. The van der Waals surface area contributed by atoms with Crippen LogP contribution >= 0.6 is 22.9 Å². The number of hydrogen-bond acceptors (Lipinski definition) is 3. The minimum atomic E-state index is 0.495. The fourth-order valence-electron chi connectivity index (χ4n) is 2.01. The molecule has 3 aromatic rings. The zero-order valence-corrected chi connectivity index (χ0v) is 11.7. The van der Waals surface area contributed by atoms with Gasteiger partial charge in [0.05, 0.1) is 0 Å². The number of fused-ring (bicyclic) bond motifs is 1. The van der Waals surface area contributed by atoms with Crippen molar-refractivity contribution in [1.82, 2.24) is 0 Å². The van der Waals surface area contributed by atoms with Gasteiger partial charge in [-0.2, -0.15) is 0 Å². The predicted octanol–water partition coefficient (Wildman–Crippen LogP) is 4.72. The van der Waals surface area contributed by atoms with Crippen LogP contribution < -0.4 is 10.5 Å².